The van der Waals surface area contributed by atoms with Crippen molar-refractivity contribution in [3.05, 3.63) is 53.6 Å². The molecule has 1 saturated heterocycles. The SMILES string of the molecule is CCN(CC)c1ccc(N2CC(C(=O)Nc3ccccc3C)CC2=O)c(C)c1. The van der Waals surface area contributed by atoms with Gasteiger partial charge in [0, 0.05) is 43.1 Å². The van der Waals surface area contributed by atoms with Crippen molar-refractivity contribution in [1.82, 2.24) is 0 Å². The quantitative estimate of drug-likeness (QED) is 0.821. The molecule has 1 aliphatic rings. The Balaban J connectivity index is 1.74. The number of anilines is 3. The van der Waals surface area contributed by atoms with Crippen LogP contribution in [0.25, 0.3) is 0 Å². The first-order chi connectivity index (χ1) is 13.4. The van der Waals surface area contributed by atoms with Gasteiger partial charge in [0.25, 0.3) is 0 Å². The predicted octanol–water partition coefficient (Wildman–Crippen LogP) is 4.14. The van der Waals surface area contributed by atoms with Gasteiger partial charge in [0.15, 0.2) is 0 Å². The van der Waals surface area contributed by atoms with Gasteiger partial charge in [-0.15, -0.1) is 0 Å². The highest BCUT2D eigenvalue weighted by Gasteiger charge is 2.35. The van der Waals surface area contributed by atoms with Crippen LogP contribution in [-0.4, -0.2) is 31.4 Å². The first-order valence-corrected chi connectivity index (χ1v) is 9.97. The lowest BCUT2D eigenvalue weighted by atomic mass is 10.1. The third kappa shape index (κ3) is 4.03. The Kier molecular flexibility index (Phi) is 6.02. The second-order valence-corrected chi connectivity index (χ2v) is 7.35. The molecule has 2 amide bonds. The van der Waals surface area contributed by atoms with E-state index in [4.69, 9.17) is 0 Å². The monoisotopic (exact) mass is 379 g/mol. The average Bonchev–Trinajstić information content (AvgIpc) is 3.06. The number of carbonyl (C=O) groups excluding carboxylic acids is 2. The van der Waals surface area contributed by atoms with Crippen LogP contribution in [0.2, 0.25) is 0 Å². The summed E-state index contributed by atoms with van der Waals surface area (Å²) in [5.74, 6) is -0.430. The zero-order chi connectivity index (χ0) is 20.3. The van der Waals surface area contributed by atoms with Gasteiger partial charge in [-0.25, -0.2) is 0 Å². The number of benzene rings is 2. The molecule has 148 valence electrons. The van der Waals surface area contributed by atoms with E-state index in [9.17, 15) is 9.59 Å². The maximum atomic E-state index is 12.7. The van der Waals surface area contributed by atoms with Crippen molar-refractivity contribution in [1.29, 1.82) is 0 Å². The Labute approximate surface area is 167 Å². The first-order valence-electron chi connectivity index (χ1n) is 9.97. The molecule has 0 radical (unpaired) electrons. The van der Waals surface area contributed by atoms with Gasteiger partial charge in [-0.3, -0.25) is 9.59 Å². The topological polar surface area (TPSA) is 52.6 Å². The normalized spacial score (nSPS) is 16.4. The average molecular weight is 380 g/mol. The Morgan fingerprint density at radius 2 is 1.82 bits per heavy atom. The largest absolute Gasteiger partial charge is 0.372 e. The number of rotatable bonds is 6. The Morgan fingerprint density at radius 1 is 1.11 bits per heavy atom. The Morgan fingerprint density at radius 3 is 2.46 bits per heavy atom. The lowest BCUT2D eigenvalue weighted by Crippen LogP contribution is -2.29. The second kappa shape index (κ2) is 8.46. The Bertz CT molecular complexity index is 874. The van der Waals surface area contributed by atoms with E-state index in [2.05, 4.69) is 36.2 Å². The van der Waals surface area contributed by atoms with E-state index < -0.39 is 0 Å². The van der Waals surface area contributed by atoms with Crippen molar-refractivity contribution in [2.24, 2.45) is 5.92 Å². The third-order valence-electron chi connectivity index (χ3n) is 5.50. The molecule has 1 aliphatic heterocycles. The number of amides is 2. The number of nitrogens with zero attached hydrogens (tertiary/aromatic N) is 2. The minimum atomic E-state index is -0.339. The molecule has 2 aromatic carbocycles. The maximum Gasteiger partial charge on any atom is 0.229 e. The molecule has 5 nitrogen and oxygen atoms in total. The van der Waals surface area contributed by atoms with Gasteiger partial charge in [-0.2, -0.15) is 0 Å². The van der Waals surface area contributed by atoms with Crippen molar-refractivity contribution in [3.63, 3.8) is 0 Å². The molecule has 1 atom stereocenters. The van der Waals surface area contributed by atoms with Crippen molar-refractivity contribution in [2.45, 2.75) is 34.1 Å². The second-order valence-electron chi connectivity index (χ2n) is 7.35. The molecule has 1 unspecified atom stereocenters. The van der Waals surface area contributed by atoms with Gasteiger partial charge in [-0.1, -0.05) is 18.2 Å². The molecule has 28 heavy (non-hydrogen) atoms. The van der Waals surface area contributed by atoms with E-state index in [0.29, 0.717) is 6.54 Å². The molecule has 2 aromatic rings. The highest BCUT2D eigenvalue weighted by atomic mass is 16.2. The fourth-order valence-electron chi connectivity index (χ4n) is 3.79. The number of carbonyl (C=O) groups is 2. The number of hydrogen-bond acceptors (Lipinski definition) is 3. The van der Waals surface area contributed by atoms with Crippen molar-refractivity contribution < 1.29 is 9.59 Å². The zero-order valence-corrected chi connectivity index (χ0v) is 17.2. The number of aryl methyl sites for hydroxylation is 2. The van der Waals surface area contributed by atoms with Crippen molar-refractivity contribution >= 4 is 28.9 Å². The molecule has 0 saturated carbocycles. The summed E-state index contributed by atoms with van der Waals surface area (Å²) in [5.41, 5.74) is 4.93. The van der Waals surface area contributed by atoms with E-state index >= 15 is 0 Å². The van der Waals surface area contributed by atoms with Gasteiger partial charge in [0.1, 0.15) is 0 Å². The summed E-state index contributed by atoms with van der Waals surface area (Å²) < 4.78 is 0. The third-order valence-corrected chi connectivity index (χ3v) is 5.50. The van der Waals surface area contributed by atoms with Crippen molar-refractivity contribution in [3.8, 4) is 0 Å². The molecule has 3 rings (SSSR count). The molecule has 0 aliphatic carbocycles. The molecule has 5 heteroatoms. The van der Waals surface area contributed by atoms with Crippen LogP contribution in [-0.2, 0) is 9.59 Å². The van der Waals surface area contributed by atoms with Crippen LogP contribution < -0.4 is 15.1 Å². The lowest BCUT2D eigenvalue weighted by Gasteiger charge is -2.24. The molecule has 0 spiro atoms. The molecule has 0 bridgehead atoms. The summed E-state index contributed by atoms with van der Waals surface area (Å²) in [6.07, 6.45) is 0.245. The zero-order valence-electron chi connectivity index (χ0n) is 17.2. The molecule has 0 aromatic heterocycles. The van der Waals surface area contributed by atoms with Crippen LogP contribution in [0, 0.1) is 19.8 Å². The van der Waals surface area contributed by atoms with Gasteiger partial charge < -0.3 is 15.1 Å². The minimum absolute atomic E-state index is 0.00335. The highest BCUT2D eigenvalue weighted by Crippen LogP contribution is 2.31. The van der Waals surface area contributed by atoms with Crippen LogP contribution in [0.15, 0.2) is 42.5 Å². The summed E-state index contributed by atoms with van der Waals surface area (Å²) in [4.78, 5) is 29.4. The maximum absolute atomic E-state index is 12.7. The standard InChI is InChI=1S/C23H29N3O2/c1-5-25(6-2)19-11-12-21(17(4)13-19)26-15-18(14-22(26)27)23(28)24-20-10-8-7-9-16(20)3/h7-13,18H,5-6,14-15H2,1-4H3,(H,24,28). The predicted molar refractivity (Wildman–Crippen MR) is 115 cm³/mol. The molecular weight excluding hydrogens is 350 g/mol. The van der Waals surface area contributed by atoms with Crippen LogP contribution in [0.1, 0.15) is 31.4 Å². The molecule has 1 fully saturated rings. The fraction of sp³-hybridized carbons (Fsp3) is 0.391. The van der Waals surface area contributed by atoms with Gasteiger partial charge in [0.05, 0.1) is 5.92 Å². The van der Waals surface area contributed by atoms with E-state index in [1.165, 1.54) is 0 Å². The Hall–Kier alpha value is -2.82. The summed E-state index contributed by atoms with van der Waals surface area (Å²) in [7, 11) is 0. The van der Waals surface area contributed by atoms with Gasteiger partial charge >= 0.3 is 0 Å². The highest BCUT2D eigenvalue weighted by molar-refractivity contribution is 6.04. The van der Waals surface area contributed by atoms with Crippen LogP contribution in [0.4, 0.5) is 17.1 Å². The van der Waals surface area contributed by atoms with E-state index in [1.54, 1.807) is 4.90 Å². The van der Waals surface area contributed by atoms with E-state index in [1.807, 2.05) is 44.2 Å². The molecule has 1 heterocycles. The van der Waals surface area contributed by atoms with Gasteiger partial charge in [-0.05, 0) is 63.1 Å². The van der Waals surface area contributed by atoms with Gasteiger partial charge in [0.2, 0.25) is 11.8 Å². The van der Waals surface area contributed by atoms with Crippen LogP contribution in [0.3, 0.4) is 0 Å². The molecule has 1 N–H and O–H groups in total. The van der Waals surface area contributed by atoms with E-state index in [-0.39, 0.29) is 24.2 Å². The fourth-order valence-corrected chi connectivity index (χ4v) is 3.79. The summed E-state index contributed by atoms with van der Waals surface area (Å²) in [5, 5.41) is 2.97. The summed E-state index contributed by atoms with van der Waals surface area (Å²) in [6.45, 7) is 10.6. The lowest BCUT2D eigenvalue weighted by molar-refractivity contribution is -0.122. The smallest absolute Gasteiger partial charge is 0.229 e. The summed E-state index contributed by atoms with van der Waals surface area (Å²) >= 11 is 0. The van der Waals surface area contributed by atoms with Crippen molar-refractivity contribution in [2.75, 3.05) is 34.8 Å². The van der Waals surface area contributed by atoms with Crippen LogP contribution in [0.5, 0.6) is 0 Å². The number of hydrogen-bond donors (Lipinski definition) is 1. The van der Waals surface area contributed by atoms with Crippen LogP contribution >= 0.6 is 0 Å². The summed E-state index contributed by atoms with van der Waals surface area (Å²) in [6, 6.07) is 13.9. The number of nitrogens with one attached hydrogen (secondary N) is 1. The molecular formula is C23H29N3O2. The van der Waals surface area contributed by atoms with E-state index in [0.717, 1.165) is 41.3 Å². The first kappa shape index (κ1) is 19.9. The number of para-hydroxylation sites is 1. The minimum Gasteiger partial charge on any atom is -0.372 e.